The van der Waals surface area contributed by atoms with E-state index >= 15 is 0 Å². The number of hydrogen-bond acceptors (Lipinski definition) is 4. The lowest BCUT2D eigenvalue weighted by molar-refractivity contribution is -0.153. The molecule has 0 aliphatic carbocycles. The Morgan fingerprint density at radius 1 is 1.00 bits per heavy atom. The number of aryl methyl sites for hydroxylation is 1. The molecule has 2 aromatic rings. The molecule has 1 N–H and O–H groups in total. The second-order valence-electron chi connectivity index (χ2n) is 6.73. The molecule has 0 amide bonds. The molecule has 0 bridgehead atoms. The summed E-state index contributed by atoms with van der Waals surface area (Å²) >= 11 is 0. The molecule has 27 heavy (non-hydrogen) atoms. The molecule has 1 unspecified atom stereocenters. The van der Waals surface area contributed by atoms with E-state index in [0.29, 0.717) is 19.6 Å². The van der Waals surface area contributed by atoms with Crippen LogP contribution in [-0.2, 0) is 16.0 Å². The van der Waals surface area contributed by atoms with E-state index in [1.807, 2.05) is 69.3 Å². The van der Waals surface area contributed by atoms with E-state index in [1.54, 1.807) is 0 Å². The molecule has 0 aliphatic rings. The van der Waals surface area contributed by atoms with Crippen LogP contribution in [0.1, 0.15) is 31.4 Å². The van der Waals surface area contributed by atoms with Crippen LogP contribution >= 0.6 is 0 Å². The average Bonchev–Trinajstić information content (AvgIpc) is 2.62. The molecule has 2 rings (SSSR count). The zero-order valence-corrected chi connectivity index (χ0v) is 16.2. The highest BCUT2D eigenvalue weighted by atomic mass is 16.5. The molecule has 0 saturated carbocycles. The number of benzene rings is 2. The Balaban J connectivity index is 1.77. The third kappa shape index (κ3) is 7.71. The molecule has 2 aromatic carbocycles. The van der Waals surface area contributed by atoms with Crippen molar-refractivity contribution in [2.45, 2.75) is 45.8 Å². The van der Waals surface area contributed by atoms with Gasteiger partial charge in [-0.05, 0) is 50.6 Å². The van der Waals surface area contributed by atoms with Crippen LogP contribution < -0.4 is 9.47 Å². The van der Waals surface area contributed by atoms with Crippen LogP contribution in [-0.4, -0.2) is 36.5 Å². The topological polar surface area (TPSA) is 65.0 Å². The van der Waals surface area contributed by atoms with Gasteiger partial charge in [0.2, 0.25) is 0 Å². The Kier molecular flexibility index (Phi) is 8.14. The zero-order valence-electron chi connectivity index (χ0n) is 16.2. The molecule has 146 valence electrons. The Hall–Kier alpha value is -2.53. The number of ether oxygens (including phenoxy) is 3. The van der Waals surface area contributed by atoms with Gasteiger partial charge in [0.05, 0.1) is 19.3 Å². The number of hydrogen-bond donors (Lipinski definition) is 1. The lowest BCUT2D eigenvalue weighted by Gasteiger charge is -2.17. The van der Waals surface area contributed by atoms with Gasteiger partial charge in [0.25, 0.3) is 0 Å². The minimum Gasteiger partial charge on any atom is -0.493 e. The smallest absolute Gasteiger partial charge is 0.333 e. The summed E-state index contributed by atoms with van der Waals surface area (Å²) in [5, 5.41) is 9.29. The van der Waals surface area contributed by atoms with Gasteiger partial charge in [-0.25, -0.2) is 4.79 Å². The second-order valence-corrected chi connectivity index (χ2v) is 6.73. The first kappa shape index (κ1) is 20.8. The van der Waals surface area contributed by atoms with Gasteiger partial charge < -0.3 is 19.3 Å². The Bertz CT molecular complexity index is 709. The molecule has 5 nitrogen and oxygen atoms in total. The van der Waals surface area contributed by atoms with Gasteiger partial charge in [0.1, 0.15) is 11.5 Å². The van der Waals surface area contributed by atoms with Gasteiger partial charge in [-0.2, -0.15) is 0 Å². The summed E-state index contributed by atoms with van der Waals surface area (Å²) in [6, 6.07) is 15.4. The van der Waals surface area contributed by atoms with Crippen molar-refractivity contribution < 1.29 is 24.1 Å². The van der Waals surface area contributed by atoms with Crippen molar-refractivity contribution in [3.8, 4) is 11.5 Å². The van der Waals surface area contributed by atoms with E-state index in [0.717, 1.165) is 23.5 Å². The van der Waals surface area contributed by atoms with E-state index in [1.165, 1.54) is 5.56 Å². The second kappa shape index (κ2) is 10.6. The predicted octanol–water partition coefficient (Wildman–Crippen LogP) is 4.26. The van der Waals surface area contributed by atoms with Crippen molar-refractivity contribution in [3.05, 3.63) is 59.7 Å². The Morgan fingerprint density at radius 2 is 1.67 bits per heavy atom. The molecular formula is C22H28O5. The number of carbonyl (C=O) groups is 1. The van der Waals surface area contributed by atoms with Crippen LogP contribution in [0.4, 0.5) is 0 Å². The molecule has 0 heterocycles. The van der Waals surface area contributed by atoms with Gasteiger partial charge >= 0.3 is 5.97 Å². The minimum atomic E-state index is -0.955. The van der Waals surface area contributed by atoms with Crippen molar-refractivity contribution in [2.75, 3.05) is 13.2 Å². The quantitative estimate of drug-likeness (QED) is 0.597. The largest absolute Gasteiger partial charge is 0.493 e. The zero-order chi connectivity index (χ0) is 19.6. The van der Waals surface area contributed by atoms with Crippen LogP contribution in [0.15, 0.2) is 48.5 Å². The number of aliphatic carboxylic acids is 1. The summed E-state index contributed by atoms with van der Waals surface area (Å²) in [6.45, 7) is 6.80. The third-order valence-electron chi connectivity index (χ3n) is 3.88. The Labute approximate surface area is 160 Å². The highest BCUT2D eigenvalue weighted by Crippen LogP contribution is 2.17. The average molecular weight is 372 g/mol. The standard InChI is InChI=1S/C22H28O5/c1-16(2)27-21(22(23)24)15-18-6-4-7-20(14-18)26-13-5-12-25-19-10-8-17(3)9-11-19/h4,6-11,14,16,21H,5,12-13,15H2,1-3H3,(H,23,24). The molecule has 0 fully saturated rings. The number of rotatable bonds is 11. The summed E-state index contributed by atoms with van der Waals surface area (Å²) in [5.74, 6) is 0.618. The molecular weight excluding hydrogens is 344 g/mol. The summed E-state index contributed by atoms with van der Waals surface area (Å²) in [4.78, 5) is 11.3. The molecule has 5 heteroatoms. The molecule has 1 atom stereocenters. The molecule has 0 spiro atoms. The maximum absolute atomic E-state index is 11.3. The lowest BCUT2D eigenvalue weighted by Crippen LogP contribution is -2.29. The predicted molar refractivity (Wildman–Crippen MR) is 105 cm³/mol. The van der Waals surface area contributed by atoms with Crippen LogP contribution in [0.3, 0.4) is 0 Å². The van der Waals surface area contributed by atoms with Crippen molar-refractivity contribution in [3.63, 3.8) is 0 Å². The number of carboxylic acids is 1. The molecule has 0 aliphatic heterocycles. The Morgan fingerprint density at radius 3 is 2.30 bits per heavy atom. The fourth-order valence-electron chi connectivity index (χ4n) is 2.57. The van der Waals surface area contributed by atoms with Gasteiger partial charge in [0, 0.05) is 12.8 Å². The fraction of sp³-hybridized carbons (Fsp3) is 0.409. The van der Waals surface area contributed by atoms with Crippen LogP contribution in [0, 0.1) is 6.92 Å². The van der Waals surface area contributed by atoms with E-state index in [9.17, 15) is 9.90 Å². The maximum atomic E-state index is 11.3. The first-order chi connectivity index (χ1) is 12.9. The van der Waals surface area contributed by atoms with Crippen molar-refractivity contribution in [1.29, 1.82) is 0 Å². The van der Waals surface area contributed by atoms with Crippen LogP contribution in [0.2, 0.25) is 0 Å². The van der Waals surface area contributed by atoms with Crippen LogP contribution in [0.5, 0.6) is 11.5 Å². The summed E-state index contributed by atoms with van der Waals surface area (Å²) in [5.41, 5.74) is 2.07. The van der Waals surface area contributed by atoms with E-state index in [-0.39, 0.29) is 6.10 Å². The first-order valence-electron chi connectivity index (χ1n) is 9.23. The van der Waals surface area contributed by atoms with Gasteiger partial charge in [-0.3, -0.25) is 0 Å². The number of carboxylic acid groups (broad SMARTS) is 1. The van der Waals surface area contributed by atoms with Crippen molar-refractivity contribution >= 4 is 5.97 Å². The molecule has 0 saturated heterocycles. The molecule has 0 radical (unpaired) electrons. The van der Waals surface area contributed by atoms with Crippen LogP contribution in [0.25, 0.3) is 0 Å². The van der Waals surface area contributed by atoms with Crippen molar-refractivity contribution in [1.82, 2.24) is 0 Å². The van der Waals surface area contributed by atoms with E-state index in [2.05, 4.69) is 0 Å². The monoisotopic (exact) mass is 372 g/mol. The minimum absolute atomic E-state index is 0.140. The normalized spacial score (nSPS) is 12.0. The highest BCUT2D eigenvalue weighted by Gasteiger charge is 2.20. The van der Waals surface area contributed by atoms with Gasteiger partial charge in [-0.1, -0.05) is 29.8 Å². The third-order valence-corrected chi connectivity index (χ3v) is 3.88. The van der Waals surface area contributed by atoms with Gasteiger partial charge in [0.15, 0.2) is 6.10 Å². The molecule has 0 aromatic heterocycles. The fourth-order valence-corrected chi connectivity index (χ4v) is 2.57. The van der Waals surface area contributed by atoms with E-state index in [4.69, 9.17) is 14.2 Å². The summed E-state index contributed by atoms with van der Waals surface area (Å²) in [7, 11) is 0. The maximum Gasteiger partial charge on any atom is 0.333 e. The summed E-state index contributed by atoms with van der Waals surface area (Å²) < 4.78 is 16.9. The lowest BCUT2D eigenvalue weighted by atomic mass is 10.1. The van der Waals surface area contributed by atoms with E-state index < -0.39 is 12.1 Å². The summed E-state index contributed by atoms with van der Waals surface area (Å²) in [6.07, 6.45) is 0.0651. The van der Waals surface area contributed by atoms with Crippen molar-refractivity contribution in [2.24, 2.45) is 0 Å². The first-order valence-corrected chi connectivity index (χ1v) is 9.23. The van der Waals surface area contributed by atoms with Gasteiger partial charge in [-0.15, -0.1) is 0 Å². The SMILES string of the molecule is Cc1ccc(OCCCOc2cccc(CC(OC(C)C)C(=O)O)c2)cc1. The highest BCUT2D eigenvalue weighted by molar-refractivity contribution is 5.72.